The molecule has 0 bridgehead atoms. The van der Waals surface area contributed by atoms with Gasteiger partial charge in [0.05, 0.1) is 17.2 Å². The molecule has 0 saturated heterocycles. The summed E-state index contributed by atoms with van der Waals surface area (Å²) in [5, 5.41) is 3.55. The number of halogens is 5. The van der Waals surface area contributed by atoms with Crippen LogP contribution in [0.3, 0.4) is 0 Å². The molecule has 31 heavy (non-hydrogen) atoms. The third-order valence-corrected chi connectivity index (χ3v) is 5.92. The minimum absolute atomic E-state index is 0.0782. The van der Waals surface area contributed by atoms with E-state index in [1.807, 2.05) is 0 Å². The zero-order valence-corrected chi connectivity index (χ0v) is 19.7. The Bertz CT molecular complexity index is 1050. The predicted molar refractivity (Wildman–Crippen MR) is 112 cm³/mol. The van der Waals surface area contributed by atoms with E-state index in [9.17, 15) is 17.7 Å². The minimum atomic E-state index is -3.81. The number of aryl methyl sites for hydroxylation is 1. The maximum absolute atomic E-state index is 14.6. The Morgan fingerprint density at radius 2 is 1.71 bits per heavy atom. The van der Waals surface area contributed by atoms with Gasteiger partial charge in [-0.05, 0) is 39.8 Å². The molecule has 170 valence electrons. The molecule has 1 heterocycles. The topological polar surface area (TPSA) is 62.6 Å². The first-order chi connectivity index (χ1) is 14.3. The average Bonchev–Trinajstić information content (AvgIpc) is 2.87. The average molecular weight is 499 g/mol. The molecular formula is C19H20Cl2F3N2O4P. The van der Waals surface area contributed by atoms with E-state index in [1.165, 1.54) is 13.1 Å². The summed E-state index contributed by atoms with van der Waals surface area (Å²) in [7, 11) is -2.50. The van der Waals surface area contributed by atoms with Crippen molar-refractivity contribution >= 4 is 30.8 Å². The lowest BCUT2D eigenvalue weighted by molar-refractivity contribution is -0.0552. The molecule has 0 unspecified atom stereocenters. The monoisotopic (exact) mass is 498 g/mol. The van der Waals surface area contributed by atoms with Crippen molar-refractivity contribution in [2.24, 2.45) is 7.05 Å². The van der Waals surface area contributed by atoms with E-state index in [-0.39, 0.29) is 26.9 Å². The summed E-state index contributed by atoms with van der Waals surface area (Å²) in [6, 6.07) is 2.16. The van der Waals surface area contributed by atoms with E-state index in [0.29, 0.717) is 0 Å². The van der Waals surface area contributed by atoms with Crippen LogP contribution in [0.5, 0.6) is 5.88 Å². The lowest BCUT2D eigenvalue weighted by atomic mass is 10.1. The summed E-state index contributed by atoms with van der Waals surface area (Å²) in [5.74, 6) is 1.33. The van der Waals surface area contributed by atoms with Gasteiger partial charge in [-0.15, -0.1) is 0 Å². The number of hydrogen-bond donors (Lipinski definition) is 0. The van der Waals surface area contributed by atoms with E-state index in [2.05, 4.69) is 21.4 Å². The van der Waals surface area contributed by atoms with Crippen molar-refractivity contribution in [3.63, 3.8) is 0 Å². The molecule has 0 radical (unpaired) electrons. The molecule has 1 aromatic carbocycles. The molecule has 0 N–H and O–H groups in total. The molecule has 0 aliphatic carbocycles. The molecule has 0 spiro atoms. The highest BCUT2D eigenvalue weighted by atomic mass is 35.5. The highest BCUT2D eigenvalue weighted by molar-refractivity contribution is 7.59. The molecule has 0 atom stereocenters. The van der Waals surface area contributed by atoms with Gasteiger partial charge in [-0.3, -0.25) is 9.05 Å². The van der Waals surface area contributed by atoms with Gasteiger partial charge in [-0.1, -0.05) is 29.1 Å². The van der Waals surface area contributed by atoms with E-state index in [0.717, 1.165) is 10.7 Å². The van der Waals surface area contributed by atoms with Crippen LogP contribution in [0.2, 0.25) is 10.0 Å². The second-order valence-electron chi connectivity index (χ2n) is 6.82. The third kappa shape index (κ3) is 6.64. The van der Waals surface area contributed by atoms with Crippen molar-refractivity contribution in [1.29, 1.82) is 0 Å². The van der Waals surface area contributed by atoms with E-state index in [4.69, 9.17) is 32.2 Å². The number of hydrogen-bond acceptors (Lipinski definition) is 5. The summed E-state index contributed by atoms with van der Waals surface area (Å²) in [5.41, 5.74) is 2.20. The van der Waals surface area contributed by atoms with Crippen LogP contribution in [-0.4, -0.2) is 28.6 Å². The van der Waals surface area contributed by atoms with Gasteiger partial charge in [0.2, 0.25) is 5.88 Å². The molecule has 0 aliphatic heterocycles. The van der Waals surface area contributed by atoms with Gasteiger partial charge >= 0.3 is 14.2 Å². The lowest BCUT2D eigenvalue weighted by Crippen LogP contribution is -2.06. The second-order valence-corrected chi connectivity index (χ2v) is 9.25. The molecule has 6 nitrogen and oxygen atoms in total. The van der Waals surface area contributed by atoms with Crippen molar-refractivity contribution in [3.05, 3.63) is 33.6 Å². The Kier molecular flexibility index (Phi) is 8.48. The van der Waals surface area contributed by atoms with Crippen LogP contribution < -0.4 is 4.74 Å². The standard InChI is InChI=1S/C19H20Cl2F3N2O4P/c1-10(2)29-31(27,30-11(3)4)7-6-12-8-13(15(22)9-14(12)20)17-16(21)18(26(5)25-17)28-19(23)24/h8-11,19H,1-5H3. The van der Waals surface area contributed by atoms with Gasteiger partial charge in [0.1, 0.15) is 16.5 Å². The molecule has 2 rings (SSSR count). The van der Waals surface area contributed by atoms with Gasteiger partial charge < -0.3 is 4.74 Å². The number of nitrogens with zero attached hydrogens (tertiary/aromatic N) is 2. The van der Waals surface area contributed by atoms with Crippen LogP contribution in [-0.2, 0) is 20.7 Å². The van der Waals surface area contributed by atoms with E-state index in [1.54, 1.807) is 27.7 Å². The fourth-order valence-electron chi connectivity index (χ4n) is 2.45. The van der Waals surface area contributed by atoms with Crippen molar-refractivity contribution < 1.29 is 31.5 Å². The fourth-order valence-corrected chi connectivity index (χ4v) is 4.48. The zero-order valence-electron chi connectivity index (χ0n) is 17.3. The quantitative estimate of drug-likeness (QED) is 0.322. The molecule has 0 aliphatic rings. The zero-order chi connectivity index (χ0) is 23.5. The molecular weight excluding hydrogens is 479 g/mol. The smallest absolute Gasteiger partial charge is 0.406 e. The van der Waals surface area contributed by atoms with Gasteiger partial charge in [0, 0.05) is 23.8 Å². The first-order valence-electron chi connectivity index (χ1n) is 8.99. The van der Waals surface area contributed by atoms with Crippen LogP contribution in [0.15, 0.2) is 12.1 Å². The Balaban J connectivity index is 2.55. The van der Waals surface area contributed by atoms with Crippen molar-refractivity contribution in [3.8, 4) is 28.7 Å². The van der Waals surface area contributed by atoms with Gasteiger partial charge in [-0.25, -0.2) is 13.6 Å². The minimum Gasteiger partial charge on any atom is -0.416 e. The lowest BCUT2D eigenvalue weighted by Gasteiger charge is -2.17. The molecule has 2 aromatic rings. The predicted octanol–water partition coefficient (Wildman–Crippen LogP) is 6.49. The summed E-state index contributed by atoms with van der Waals surface area (Å²) < 4.78 is 68.6. The largest absolute Gasteiger partial charge is 0.416 e. The number of benzene rings is 1. The Morgan fingerprint density at radius 1 is 1.13 bits per heavy atom. The molecule has 0 amide bonds. The normalized spacial score (nSPS) is 11.9. The fraction of sp³-hybridized carbons (Fsp3) is 0.421. The summed E-state index contributed by atoms with van der Waals surface area (Å²) in [4.78, 5) is 0. The summed E-state index contributed by atoms with van der Waals surface area (Å²) in [6.45, 7) is 3.53. The first-order valence-corrected chi connectivity index (χ1v) is 11.3. The first kappa shape index (κ1) is 25.6. The highest BCUT2D eigenvalue weighted by Crippen LogP contribution is 2.49. The van der Waals surface area contributed by atoms with E-state index >= 15 is 0 Å². The third-order valence-electron chi connectivity index (χ3n) is 3.48. The molecule has 0 saturated carbocycles. The van der Waals surface area contributed by atoms with Crippen molar-refractivity contribution in [2.75, 3.05) is 0 Å². The van der Waals surface area contributed by atoms with Crippen LogP contribution >= 0.6 is 30.8 Å². The van der Waals surface area contributed by atoms with E-state index < -0.39 is 38.1 Å². The van der Waals surface area contributed by atoms with Crippen molar-refractivity contribution in [1.82, 2.24) is 9.78 Å². The van der Waals surface area contributed by atoms with Crippen LogP contribution in [0.1, 0.15) is 33.3 Å². The maximum Gasteiger partial charge on any atom is 0.406 e. The Morgan fingerprint density at radius 3 is 2.23 bits per heavy atom. The number of aromatic nitrogens is 2. The van der Waals surface area contributed by atoms with Crippen LogP contribution in [0.25, 0.3) is 11.3 Å². The van der Waals surface area contributed by atoms with Gasteiger partial charge in [-0.2, -0.15) is 13.9 Å². The summed E-state index contributed by atoms with van der Waals surface area (Å²) >= 11 is 12.2. The maximum atomic E-state index is 14.6. The molecule has 12 heteroatoms. The van der Waals surface area contributed by atoms with Crippen LogP contribution in [0.4, 0.5) is 13.2 Å². The Labute approximate surface area is 188 Å². The van der Waals surface area contributed by atoms with Gasteiger partial charge in [0.15, 0.2) is 0 Å². The summed E-state index contributed by atoms with van der Waals surface area (Å²) in [6.07, 6.45) is -0.863. The highest BCUT2D eigenvalue weighted by Gasteiger charge is 2.26. The van der Waals surface area contributed by atoms with Gasteiger partial charge in [0.25, 0.3) is 0 Å². The molecule has 0 fully saturated rings. The number of alkyl halides is 2. The SMILES string of the molecule is CC(C)OP(=O)(C#Cc1cc(-c2nn(C)c(OC(F)F)c2Cl)c(F)cc1Cl)OC(C)C. The van der Waals surface area contributed by atoms with Crippen molar-refractivity contribution in [2.45, 2.75) is 46.5 Å². The number of rotatable bonds is 7. The Hall–Kier alpha value is -1.69. The van der Waals surface area contributed by atoms with Crippen LogP contribution in [0, 0.1) is 17.4 Å². The number of ether oxygens (including phenoxy) is 1. The second kappa shape index (κ2) is 10.3. The molecule has 1 aromatic heterocycles.